The lowest BCUT2D eigenvalue weighted by Gasteiger charge is -2.14. The number of carboxylic acid groups (broad SMARTS) is 2. The second kappa shape index (κ2) is 8.73. The Hall–Kier alpha value is -2.32. The molecule has 0 aromatic rings. The van der Waals surface area contributed by atoms with Crippen LogP contribution in [0.2, 0.25) is 0 Å². The van der Waals surface area contributed by atoms with Crippen molar-refractivity contribution in [3.8, 4) is 0 Å². The molecule has 0 heterocycles. The third-order valence-electron chi connectivity index (χ3n) is 2.11. The molecule has 114 valence electrons. The van der Waals surface area contributed by atoms with Gasteiger partial charge in [0, 0.05) is 12.5 Å². The van der Waals surface area contributed by atoms with Crippen LogP contribution < -0.4 is 16.0 Å². The average Bonchev–Trinajstić information content (AvgIpc) is 2.30. The fraction of sp³-hybridized carbons (Fsp3) is 0.636. The zero-order chi connectivity index (χ0) is 15.7. The first-order valence-electron chi connectivity index (χ1n) is 6.00. The van der Waals surface area contributed by atoms with Crippen molar-refractivity contribution < 1.29 is 29.4 Å². The molecule has 0 saturated carbocycles. The maximum Gasteiger partial charge on any atom is 0.326 e. The van der Waals surface area contributed by atoms with Crippen LogP contribution in [0.15, 0.2) is 0 Å². The van der Waals surface area contributed by atoms with Crippen molar-refractivity contribution in [2.24, 2.45) is 0 Å². The van der Waals surface area contributed by atoms with Crippen LogP contribution in [-0.2, 0) is 14.4 Å². The molecule has 0 bridgehead atoms. The number of carbonyl (C=O) groups excluding carboxylic acids is 2. The predicted molar refractivity (Wildman–Crippen MR) is 68.1 cm³/mol. The van der Waals surface area contributed by atoms with Crippen molar-refractivity contribution in [2.45, 2.75) is 38.8 Å². The molecule has 9 nitrogen and oxygen atoms in total. The number of aliphatic carboxylic acids is 2. The Labute approximate surface area is 115 Å². The molecular formula is C11H19N3O6. The van der Waals surface area contributed by atoms with E-state index in [4.69, 9.17) is 10.2 Å². The van der Waals surface area contributed by atoms with Crippen molar-refractivity contribution >= 4 is 23.9 Å². The number of rotatable bonds is 8. The number of carboxylic acids is 2. The maximum atomic E-state index is 11.4. The van der Waals surface area contributed by atoms with Gasteiger partial charge in [-0.1, -0.05) is 0 Å². The van der Waals surface area contributed by atoms with Crippen LogP contribution in [0.1, 0.15) is 26.7 Å². The van der Waals surface area contributed by atoms with E-state index in [0.29, 0.717) is 0 Å². The van der Waals surface area contributed by atoms with Crippen LogP contribution in [0.5, 0.6) is 0 Å². The van der Waals surface area contributed by atoms with E-state index in [9.17, 15) is 19.2 Å². The minimum atomic E-state index is -1.34. The van der Waals surface area contributed by atoms with Crippen LogP contribution in [0.4, 0.5) is 4.79 Å². The third-order valence-corrected chi connectivity index (χ3v) is 2.11. The molecule has 0 saturated heterocycles. The smallest absolute Gasteiger partial charge is 0.326 e. The Bertz CT molecular complexity index is 382. The second-order valence-electron chi connectivity index (χ2n) is 4.37. The van der Waals surface area contributed by atoms with E-state index in [-0.39, 0.29) is 25.4 Å². The highest BCUT2D eigenvalue weighted by Crippen LogP contribution is 1.97. The molecule has 0 rings (SSSR count). The summed E-state index contributed by atoms with van der Waals surface area (Å²) in [6.45, 7) is 3.21. The highest BCUT2D eigenvalue weighted by Gasteiger charge is 2.21. The average molecular weight is 289 g/mol. The Morgan fingerprint density at radius 1 is 1.05 bits per heavy atom. The largest absolute Gasteiger partial charge is 0.481 e. The van der Waals surface area contributed by atoms with Gasteiger partial charge in [0.2, 0.25) is 5.91 Å². The molecule has 0 unspecified atom stereocenters. The van der Waals surface area contributed by atoms with E-state index >= 15 is 0 Å². The van der Waals surface area contributed by atoms with Gasteiger partial charge in [0.1, 0.15) is 6.04 Å². The van der Waals surface area contributed by atoms with Gasteiger partial charge in [-0.05, 0) is 20.3 Å². The molecule has 0 fully saturated rings. The van der Waals surface area contributed by atoms with Crippen LogP contribution in [0.3, 0.4) is 0 Å². The summed E-state index contributed by atoms with van der Waals surface area (Å²) >= 11 is 0. The summed E-state index contributed by atoms with van der Waals surface area (Å²) in [4.78, 5) is 43.8. The number of hydrogen-bond donors (Lipinski definition) is 5. The van der Waals surface area contributed by atoms with Crippen LogP contribution in [0.25, 0.3) is 0 Å². The minimum Gasteiger partial charge on any atom is -0.481 e. The van der Waals surface area contributed by atoms with Gasteiger partial charge in [-0.3, -0.25) is 9.59 Å². The lowest BCUT2D eigenvalue weighted by Crippen LogP contribution is -2.49. The van der Waals surface area contributed by atoms with Crippen LogP contribution in [-0.4, -0.2) is 52.7 Å². The van der Waals surface area contributed by atoms with Gasteiger partial charge in [-0.15, -0.1) is 0 Å². The quantitative estimate of drug-likeness (QED) is 0.392. The molecule has 0 aromatic heterocycles. The fourth-order valence-corrected chi connectivity index (χ4v) is 1.27. The van der Waals surface area contributed by atoms with Crippen molar-refractivity contribution in [3.63, 3.8) is 0 Å². The standard InChI is InChI=1S/C11H19N3O6/c1-6(2)13-8(15)5-12-11(20)14-7(10(18)19)3-4-9(16)17/h6-7H,3-5H2,1-2H3,(H,13,15)(H,16,17)(H,18,19)(H2,12,14,20)/t7-/m0/s1. The summed E-state index contributed by atoms with van der Waals surface area (Å²) in [5, 5.41) is 24.1. The minimum absolute atomic E-state index is 0.0744. The van der Waals surface area contributed by atoms with Gasteiger partial charge < -0.3 is 26.2 Å². The SMILES string of the molecule is CC(C)NC(=O)CNC(=O)N[C@@H](CCC(=O)O)C(=O)O. The second-order valence-corrected chi connectivity index (χ2v) is 4.37. The molecule has 0 aliphatic rings. The molecule has 9 heteroatoms. The number of hydrogen-bond acceptors (Lipinski definition) is 4. The Kier molecular flexibility index (Phi) is 7.71. The molecule has 5 N–H and O–H groups in total. The number of urea groups is 1. The van der Waals surface area contributed by atoms with Crippen molar-refractivity contribution in [1.29, 1.82) is 0 Å². The van der Waals surface area contributed by atoms with E-state index in [1.165, 1.54) is 0 Å². The van der Waals surface area contributed by atoms with Gasteiger partial charge in [-0.2, -0.15) is 0 Å². The van der Waals surface area contributed by atoms with Crippen molar-refractivity contribution in [2.75, 3.05) is 6.54 Å². The molecule has 0 aliphatic heterocycles. The van der Waals surface area contributed by atoms with E-state index < -0.39 is 29.9 Å². The first-order chi connectivity index (χ1) is 9.22. The van der Waals surface area contributed by atoms with Crippen molar-refractivity contribution in [1.82, 2.24) is 16.0 Å². The van der Waals surface area contributed by atoms with Crippen molar-refractivity contribution in [3.05, 3.63) is 0 Å². The summed E-state index contributed by atoms with van der Waals surface area (Å²) < 4.78 is 0. The summed E-state index contributed by atoms with van der Waals surface area (Å²) in [6, 6.07) is -2.24. The zero-order valence-electron chi connectivity index (χ0n) is 11.3. The molecule has 0 aliphatic carbocycles. The molecule has 20 heavy (non-hydrogen) atoms. The number of carbonyl (C=O) groups is 4. The lowest BCUT2D eigenvalue weighted by atomic mass is 10.1. The van der Waals surface area contributed by atoms with Gasteiger partial charge in [0.25, 0.3) is 0 Å². The van der Waals surface area contributed by atoms with E-state index in [2.05, 4.69) is 16.0 Å². The summed E-state index contributed by atoms with van der Waals surface area (Å²) in [6.07, 6.45) is -0.624. The van der Waals surface area contributed by atoms with E-state index in [1.807, 2.05) is 0 Å². The van der Waals surface area contributed by atoms with Gasteiger partial charge in [0.15, 0.2) is 0 Å². The fourth-order valence-electron chi connectivity index (χ4n) is 1.27. The predicted octanol–water partition coefficient (Wildman–Crippen LogP) is -0.872. The van der Waals surface area contributed by atoms with Crippen LogP contribution >= 0.6 is 0 Å². The molecular weight excluding hydrogens is 270 g/mol. The number of nitrogens with one attached hydrogen (secondary N) is 3. The van der Waals surface area contributed by atoms with E-state index in [0.717, 1.165) is 0 Å². The summed E-state index contributed by atoms with van der Waals surface area (Å²) in [5.74, 6) is -2.91. The molecule has 1 atom stereocenters. The highest BCUT2D eigenvalue weighted by molar-refractivity contribution is 5.86. The molecule has 3 amide bonds. The number of amides is 3. The van der Waals surface area contributed by atoms with Gasteiger partial charge in [0.05, 0.1) is 6.54 Å². The summed E-state index contributed by atoms with van der Waals surface area (Å²) in [7, 11) is 0. The zero-order valence-corrected chi connectivity index (χ0v) is 11.3. The first-order valence-corrected chi connectivity index (χ1v) is 6.00. The molecule has 0 spiro atoms. The normalized spacial score (nSPS) is 11.6. The highest BCUT2D eigenvalue weighted by atomic mass is 16.4. The monoisotopic (exact) mass is 289 g/mol. The van der Waals surface area contributed by atoms with Gasteiger partial charge in [-0.25, -0.2) is 9.59 Å². The lowest BCUT2D eigenvalue weighted by molar-refractivity contribution is -0.140. The summed E-state index contributed by atoms with van der Waals surface area (Å²) in [5.41, 5.74) is 0. The maximum absolute atomic E-state index is 11.4. The third kappa shape index (κ3) is 8.72. The first kappa shape index (κ1) is 17.7. The molecule has 0 radical (unpaired) electrons. The van der Waals surface area contributed by atoms with Crippen LogP contribution in [0, 0.1) is 0 Å². The van der Waals surface area contributed by atoms with E-state index in [1.54, 1.807) is 13.8 Å². The molecule has 0 aromatic carbocycles. The Morgan fingerprint density at radius 3 is 2.10 bits per heavy atom. The van der Waals surface area contributed by atoms with Gasteiger partial charge >= 0.3 is 18.0 Å². The Balaban J connectivity index is 4.16. The Morgan fingerprint density at radius 2 is 1.65 bits per heavy atom. The topological polar surface area (TPSA) is 145 Å².